The van der Waals surface area contributed by atoms with E-state index in [1.165, 1.54) is 11.8 Å². The Morgan fingerprint density at radius 1 is 1.30 bits per heavy atom. The van der Waals surface area contributed by atoms with Crippen molar-refractivity contribution in [2.24, 2.45) is 0 Å². The monoisotopic (exact) mass is 359 g/mol. The summed E-state index contributed by atoms with van der Waals surface area (Å²) in [6.45, 7) is 0.923. The first-order valence-corrected chi connectivity index (χ1v) is 8.61. The fourth-order valence-corrected chi connectivity index (χ4v) is 2.68. The van der Waals surface area contributed by atoms with Crippen LogP contribution in [-0.4, -0.2) is 23.2 Å². The quantitative estimate of drug-likeness (QED) is 0.714. The van der Waals surface area contributed by atoms with Gasteiger partial charge in [-0.15, -0.1) is 11.8 Å². The van der Waals surface area contributed by atoms with E-state index >= 15 is 0 Å². The van der Waals surface area contributed by atoms with E-state index in [4.69, 9.17) is 16.3 Å². The fraction of sp³-hybridized carbons (Fsp3) is 0.312. The summed E-state index contributed by atoms with van der Waals surface area (Å²) in [5, 5.41) is 0.342. The molecule has 0 spiro atoms. The summed E-state index contributed by atoms with van der Waals surface area (Å²) in [7, 11) is 0. The smallest absolute Gasteiger partial charge is 0.256 e. The normalized spacial score (nSPS) is 11.0. The number of aryl methyl sites for hydroxylation is 1. The first kappa shape index (κ1) is 17.8. The second-order valence-electron chi connectivity index (χ2n) is 4.90. The number of alkyl halides is 2. The number of thioether (sulfide) groups is 1. The van der Waals surface area contributed by atoms with Crippen molar-refractivity contribution in [3.8, 4) is 17.0 Å². The Labute approximate surface area is 142 Å². The molecule has 7 heteroatoms. The molecular weight excluding hydrogens is 344 g/mol. The SMILES string of the molecule is CSCOc1ccc(-c2ccc(C)c(=O)n2CC(F)F)c(Cl)c1. The van der Waals surface area contributed by atoms with Gasteiger partial charge < -0.3 is 9.30 Å². The molecule has 0 aliphatic heterocycles. The second-order valence-corrected chi connectivity index (χ2v) is 6.12. The average molecular weight is 360 g/mol. The Bertz CT molecular complexity index is 749. The zero-order valence-corrected chi connectivity index (χ0v) is 14.3. The number of rotatable bonds is 6. The molecular formula is C16H16ClF2NO2S. The van der Waals surface area contributed by atoms with Gasteiger partial charge in [-0.1, -0.05) is 17.7 Å². The molecule has 2 aromatic rings. The molecule has 0 saturated heterocycles. The number of halogens is 3. The lowest BCUT2D eigenvalue weighted by Gasteiger charge is -2.15. The van der Waals surface area contributed by atoms with Gasteiger partial charge in [0.25, 0.3) is 12.0 Å². The topological polar surface area (TPSA) is 31.2 Å². The van der Waals surface area contributed by atoms with Crippen molar-refractivity contribution in [3.05, 3.63) is 51.3 Å². The van der Waals surface area contributed by atoms with Crippen LogP contribution in [0.1, 0.15) is 5.56 Å². The van der Waals surface area contributed by atoms with Crippen LogP contribution in [0.5, 0.6) is 5.75 Å². The van der Waals surface area contributed by atoms with Gasteiger partial charge in [-0.3, -0.25) is 4.79 Å². The van der Waals surface area contributed by atoms with E-state index in [9.17, 15) is 13.6 Å². The van der Waals surface area contributed by atoms with E-state index in [-0.39, 0.29) is 0 Å². The Hall–Kier alpha value is -1.53. The Kier molecular flexibility index (Phi) is 6.07. The Balaban J connectivity index is 2.49. The second kappa shape index (κ2) is 7.84. The molecule has 0 bridgehead atoms. The van der Waals surface area contributed by atoms with Crippen LogP contribution >= 0.6 is 23.4 Å². The van der Waals surface area contributed by atoms with Gasteiger partial charge in [-0.25, -0.2) is 8.78 Å². The maximum Gasteiger partial charge on any atom is 0.256 e. The van der Waals surface area contributed by atoms with Crippen molar-refractivity contribution in [2.45, 2.75) is 19.9 Å². The molecule has 0 unspecified atom stereocenters. The number of nitrogens with zero attached hydrogens (tertiary/aromatic N) is 1. The van der Waals surface area contributed by atoms with Crippen LogP contribution in [0.2, 0.25) is 5.02 Å². The predicted molar refractivity (Wildman–Crippen MR) is 90.9 cm³/mol. The molecule has 2 rings (SSSR count). The Morgan fingerprint density at radius 3 is 2.65 bits per heavy atom. The molecule has 0 radical (unpaired) electrons. The number of benzene rings is 1. The van der Waals surface area contributed by atoms with Gasteiger partial charge in [-0.2, -0.15) is 0 Å². The molecule has 124 valence electrons. The summed E-state index contributed by atoms with van der Waals surface area (Å²) < 4.78 is 32.1. The van der Waals surface area contributed by atoms with Crippen LogP contribution in [0.3, 0.4) is 0 Å². The van der Waals surface area contributed by atoms with E-state index < -0.39 is 18.5 Å². The largest absolute Gasteiger partial charge is 0.483 e. The van der Waals surface area contributed by atoms with Gasteiger partial charge in [0, 0.05) is 11.1 Å². The van der Waals surface area contributed by atoms with Crippen LogP contribution in [0, 0.1) is 6.92 Å². The molecule has 3 nitrogen and oxygen atoms in total. The molecule has 1 aromatic heterocycles. The molecule has 0 saturated carbocycles. The minimum Gasteiger partial charge on any atom is -0.483 e. The lowest BCUT2D eigenvalue weighted by molar-refractivity contribution is 0.126. The molecule has 23 heavy (non-hydrogen) atoms. The van der Waals surface area contributed by atoms with Gasteiger partial charge in [0.1, 0.15) is 11.7 Å². The number of hydrogen-bond donors (Lipinski definition) is 0. The van der Waals surface area contributed by atoms with Crippen LogP contribution in [0.25, 0.3) is 11.3 Å². The average Bonchev–Trinajstić information content (AvgIpc) is 2.50. The molecule has 0 aliphatic rings. The minimum absolute atomic E-state index is 0.342. The zero-order chi connectivity index (χ0) is 17.0. The first-order chi connectivity index (χ1) is 10.9. The molecule has 0 fully saturated rings. The van der Waals surface area contributed by atoms with Crippen molar-refractivity contribution < 1.29 is 13.5 Å². The first-order valence-electron chi connectivity index (χ1n) is 6.84. The third kappa shape index (κ3) is 4.26. The number of ether oxygens (including phenoxy) is 1. The van der Waals surface area contributed by atoms with E-state index in [2.05, 4.69) is 0 Å². The third-order valence-corrected chi connectivity index (χ3v) is 3.91. The molecule has 1 aromatic carbocycles. The standard InChI is InChI=1S/C16H16ClF2NO2S/c1-10-3-6-14(20(16(10)21)8-15(18)19)12-5-4-11(7-13(12)17)22-9-23-2/h3-7,15H,8-9H2,1-2H3. The zero-order valence-electron chi connectivity index (χ0n) is 12.7. The third-order valence-electron chi connectivity index (χ3n) is 3.25. The summed E-state index contributed by atoms with van der Waals surface area (Å²) in [6.07, 6.45) is -0.720. The van der Waals surface area contributed by atoms with Crippen LogP contribution in [-0.2, 0) is 6.54 Å². The van der Waals surface area contributed by atoms with Crippen LogP contribution in [0.15, 0.2) is 35.1 Å². The van der Waals surface area contributed by atoms with Gasteiger partial charge in [0.15, 0.2) is 0 Å². The maximum absolute atomic E-state index is 12.8. The van der Waals surface area contributed by atoms with E-state index in [0.29, 0.717) is 33.5 Å². The molecule has 0 atom stereocenters. The fourth-order valence-electron chi connectivity index (χ4n) is 2.16. The maximum atomic E-state index is 12.8. The summed E-state index contributed by atoms with van der Waals surface area (Å²) in [5.74, 6) is 1.07. The minimum atomic E-state index is -2.63. The number of pyridine rings is 1. The predicted octanol–water partition coefficient (Wildman–Crippen LogP) is 4.44. The van der Waals surface area contributed by atoms with E-state index in [0.717, 1.165) is 4.57 Å². The number of aromatic nitrogens is 1. The highest BCUT2D eigenvalue weighted by Gasteiger charge is 2.15. The van der Waals surface area contributed by atoms with Gasteiger partial charge in [0.05, 0.1) is 17.3 Å². The summed E-state index contributed by atoms with van der Waals surface area (Å²) >= 11 is 7.78. The highest BCUT2D eigenvalue weighted by Crippen LogP contribution is 2.31. The van der Waals surface area contributed by atoms with Crippen molar-refractivity contribution in [1.82, 2.24) is 4.57 Å². The molecule has 0 N–H and O–H groups in total. The summed E-state index contributed by atoms with van der Waals surface area (Å²) in [4.78, 5) is 12.2. The van der Waals surface area contributed by atoms with E-state index in [1.54, 1.807) is 37.3 Å². The van der Waals surface area contributed by atoms with Crippen molar-refractivity contribution in [3.63, 3.8) is 0 Å². The van der Waals surface area contributed by atoms with Crippen molar-refractivity contribution >= 4 is 23.4 Å². The van der Waals surface area contributed by atoms with Gasteiger partial charge in [0.2, 0.25) is 0 Å². The molecule has 0 aliphatic carbocycles. The Morgan fingerprint density at radius 2 is 2.04 bits per heavy atom. The lowest BCUT2D eigenvalue weighted by atomic mass is 10.1. The highest BCUT2D eigenvalue weighted by molar-refractivity contribution is 7.98. The lowest BCUT2D eigenvalue weighted by Crippen LogP contribution is -2.26. The number of hydrogen-bond acceptors (Lipinski definition) is 3. The van der Waals surface area contributed by atoms with Gasteiger partial charge >= 0.3 is 0 Å². The van der Waals surface area contributed by atoms with Crippen molar-refractivity contribution in [1.29, 1.82) is 0 Å². The van der Waals surface area contributed by atoms with E-state index in [1.807, 2.05) is 6.26 Å². The summed E-state index contributed by atoms with van der Waals surface area (Å²) in [6, 6.07) is 8.22. The van der Waals surface area contributed by atoms with Gasteiger partial charge in [-0.05, 0) is 37.4 Å². The summed E-state index contributed by atoms with van der Waals surface area (Å²) in [5.41, 5.74) is 0.843. The highest BCUT2D eigenvalue weighted by atomic mass is 35.5. The van der Waals surface area contributed by atoms with Crippen LogP contribution in [0.4, 0.5) is 8.78 Å². The van der Waals surface area contributed by atoms with Crippen molar-refractivity contribution in [2.75, 3.05) is 12.2 Å². The molecule has 0 amide bonds. The molecule has 1 heterocycles. The van der Waals surface area contributed by atoms with Crippen LogP contribution < -0.4 is 10.3 Å².